The predicted molar refractivity (Wildman–Crippen MR) is 141 cm³/mol. The Morgan fingerprint density at radius 1 is 1.17 bits per heavy atom. The number of fused-ring (bicyclic) bond motifs is 9. The molecule has 5 heteroatoms. The number of thiophene rings is 1. The second-order valence-electron chi connectivity index (χ2n) is 10.9. The summed E-state index contributed by atoms with van der Waals surface area (Å²) in [5, 5.41) is 0.896. The highest BCUT2D eigenvalue weighted by atomic mass is 32.1. The van der Waals surface area contributed by atoms with E-state index in [1.807, 2.05) is 18.2 Å². The number of aryl methyl sites for hydroxylation is 1. The molecule has 1 fully saturated rings. The lowest BCUT2D eigenvalue weighted by Gasteiger charge is -2.49. The molecule has 0 saturated heterocycles. The van der Waals surface area contributed by atoms with Gasteiger partial charge in [0.15, 0.2) is 0 Å². The van der Waals surface area contributed by atoms with Gasteiger partial charge in [0, 0.05) is 4.88 Å². The summed E-state index contributed by atoms with van der Waals surface area (Å²) < 4.78 is 7.30. The lowest BCUT2D eigenvalue weighted by atomic mass is 9.55. The molecule has 0 amide bonds. The fourth-order valence-corrected chi connectivity index (χ4v) is 8.93. The molecule has 3 aliphatic carbocycles. The van der Waals surface area contributed by atoms with Crippen LogP contribution in [0, 0.1) is 11.8 Å². The largest absolute Gasteiger partial charge is 0.497 e. The minimum Gasteiger partial charge on any atom is -0.497 e. The molecule has 35 heavy (non-hydrogen) atoms. The number of benzene rings is 2. The molecule has 0 bridgehead atoms. The minimum absolute atomic E-state index is 0.0610. The minimum atomic E-state index is 0.0610. The maximum atomic E-state index is 13.8. The first-order chi connectivity index (χ1) is 17.1. The first-order valence-electron chi connectivity index (χ1n) is 12.8. The predicted octanol–water partition coefficient (Wildman–Crippen LogP) is 6.08. The van der Waals surface area contributed by atoms with Gasteiger partial charge in [0.25, 0.3) is 5.56 Å². The third kappa shape index (κ3) is 3.10. The monoisotopic (exact) mass is 482 g/mol. The number of hydrogen-bond donors (Lipinski definition) is 0. The second kappa shape index (κ2) is 7.79. The van der Waals surface area contributed by atoms with Crippen molar-refractivity contribution in [2.24, 2.45) is 11.8 Å². The van der Waals surface area contributed by atoms with E-state index in [0.29, 0.717) is 24.3 Å². The molecular formula is C30H30N2O2S. The van der Waals surface area contributed by atoms with Crippen molar-refractivity contribution in [2.45, 2.75) is 56.9 Å². The zero-order chi connectivity index (χ0) is 23.7. The molecule has 1 saturated carbocycles. The van der Waals surface area contributed by atoms with Crippen molar-refractivity contribution in [3.8, 4) is 5.75 Å². The Bertz CT molecular complexity index is 1500. The number of hydrogen-bond acceptors (Lipinski definition) is 4. The molecule has 0 radical (unpaired) electrons. The van der Waals surface area contributed by atoms with Crippen molar-refractivity contribution >= 4 is 21.6 Å². The molecule has 0 aliphatic heterocycles. The summed E-state index contributed by atoms with van der Waals surface area (Å²) in [7, 11) is 1.75. The highest BCUT2D eigenvalue weighted by molar-refractivity contribution is 7.18. The van der Waals surface area contributed by atoms with E-state index in [-0.39, 0.29) is 11.0 Å². The molecule has 2 heterocycles. The van der Waals surface area contributed by atoms with E-state index >= 15 is 0 Å². The van der Waals surface area contributed by atoms with Gasteiger partial charge in [-0.25, -0.2) is 4.98 Å². The van der Waals surface area contributed by atoms with Crippen molar-refractivity contribution in [1.29, 1.82) is 0 Å². The Labute approximate surface area is 209 Å². The van der Waals surface area contributed by atoms with Gasteiger partial charge < -0.3 is 4.74 Å². The normalized spacial score (nSPS) is 26.6. The molecule has 4 nitrogen and oxygen atoms in total. The molecule has 2 aromatic carbocycles. The highest BCUT2D eigenvalue weighted by Gasteiger charge is 2.54. The Kier molecular flexibility index (Phi) is 4.76. The van der Waals surface area contributed by atoms with Crippen LogP contribution in [0.25, 0.3) is 10.2 Å². The van der Waals surface area contributed by atoms with Crippen LogP contribution in [0.4, 0.5) is 0 Å². The van der Waals surface area contributed by atoms with Gasteiger partial charge >= 0.3 is 0 Å². The molecular weight excluding hydrogens is 452 g/mol. The van der Waals surface area contributed by atoms with E-state index in [1.165, 1.54) is 34.4 Å². The summed E-state index contributed by atoms with van der Waals surface area (Å²) in [4.78, 5) is 20.9. The summed E-state index contributed by atoms with van der Waals surface area (Å²) in [5.74, 6) is 2.87. The van der Waals surface area contributed by atoms with E-state index in [4.69, 9.17) is 9.72 Å². The summed E-state index contributed by atoms with van der Waals surface area (Å²) in [6, 6.07) is 16.9. The molecule has 0 spiro atoms. The van der Waals surface area contributed by atoms with E-state index in [0.717, 1.165) is 40.8 Å². The maximum Gasteiger partial charge on any atom is 0.262 e. The van der Waals surface area contributed by atoms with Gasteiger partial charge in [-0.05, 0) is 89.7 Å². The van der Waals surface area contributed by atoms with E-state index in [2.05, 4.69) is 37.3 Å². The van der Waals surface area contributed by atoms with Crippen molar-refractivity contribution in [3.63, 3.8) is 0 Å². The third-order valence-corrected chi connectivity index (χ3v) is 10.4. The Hall–Kier alpha value is -2.92. The van der Waals surface area contributed by atoms with E-state index in [1.54, 1.807) is 29.3 Å². The average molecular weight is 483 g/mol. The topological polar surface area (TPSA) is 44.1 Å². The van der Waals surface area contributed by atoms with Gasteiger partial charge in [-0.1, -0.05) is 43.3 Å². The van der Waals surface area contributed by atoms with Crippen molar-refractivity contribution in [2.75, 3.05) is 7.11 Å². The first-order valence-corrected chi connectivity index (χ1v) is 13.6. The standard InChI is InChI=1S/C30H30N2O2S/c1-30-13-12-22-21-11-9-20(34-2)14-19(21)8-10-23(22)24(30)15-25-27(30)26-28(35-25)31-17-32(29(26)33)16-18-6-4-3-5-7-18/h3-7,9,11,14,17,22-24H,8,10,12-13,15-16H2,1-2H3/t22-,23+,24+,30+/m0/s1. The van der Waals surface area contributed by atoms with Gasteiger partial charge in [0.2, 0.25) is 0 Å². The molecule has 4 atom stereocenters. The van der Waals surface area contributed by atoms with Gasteiger partial charge in [0.05, 0.1) is 25.4 Å². The SMILES string of the molecule is COc1ccc2c(c1)CC[C@H]1[C@H]3Cc4sc5ncn(Cc6ccccc6)c(=O)c5c4[C@]3(C)CC[C@@H]21. The zero-order valence-electron chi connectivity index (χ0n) is 20.3. The number of nitrogens with zero attached hydrogens (tertiary/aromatic N) is 2. The Morgan fingerprint density at radius 3 is 2.86 bits per heavy atom. The van der Waals surface area contributed by atoms with Crippen LogP contribution in [-0.4, -0.2) is 16.7 Å². The van der Waals surface area contributed by atoms with Crippen LogP contribution in [-0.2, 0) is 24.8 Å². The van der Waals surface area contributed by atoms with Crippen molar-refractivity contribution in [3.05, 3.63) is 92.3 Å². The molecule has 7 rings (SSSR count). The van der Waals surface area contributed by atoms with Crippen molar-refractivity contribution in [1.82, 2.24) is 9.55 Å². The van der Waals surface area contributed by atoms with Crippen molar-refractivity contribution < 1.29 is 4.74 Å². The van der Waals surface area contributed by atoms with Gasteiger partial charge in [-0.2, -0.15) is 0 Å². The van der Waals surface area contributed by atoms with Gasteiger partial charge in [-0.3, -0.25) is 9.36 Å². The highest BCUT2D eigenvalue weighted by Crippen LogP contribution is 2.62. The molecule has 3 aliphatic rings. The molecule has 178 valence electrons. The van der Waals surface area contributed by atoms with Crippen LogP contribution in [0.15, 0.2) is 59.7 Å². The zero-order valence-corrected chi connectivity index (χ0v) is 21.1. The Morgan fingerprint density at radius 2 is 2.03 bits per heavy atom. The first kappa shape index (κ1) is 21.4. The number of ether oxygens (including phenoxy) is 1. The van der Waals surface area contributed by atoms with Crippen LogP contribution in [0.1, 0.15) is 59.2 Å². The number of rotatable bonds is 3. The molecule has 4 aromatic rings. The quantitative estimate of drug-likeness (QED) is 0.355. The summed E-state index contributed by atoms with van der Waals surface area (Å²) in [6.45, 7) is 3.02. The summed E-state index contributed by atoms with van der Waals surface area (Å²) in [5.41, 5.74) is 5.66. The Balaban J connectivity index is 1.28. The summed E-state index contributed by atoms with van der Waals surface area (Å²) in [6.07, 6.45) is 7.51. The lowest BCUT2D eigenvalue weighted by Crippen LogP contribution is -2.43. The maximum absolute atomic E-state index is 13.8. The summed E-state index contributed by atoms with van der Waals surface area (Å²) >= 11 is 1.77. The molecule has 2 aromatic heterocycles. The molecule has 0 unspecified atom stereocenters. The smallest absolute Gasteiger partial charge is 0.262 e. The number of methoxy groups -OCH3 is 1. The molecule has 0 N–H and O–H groups in total. The lowest BCUT2D eigenvalue weighted by molar-refractivity contribution is 0.106. The average Bonchev–Trinajstić information content (AvgIpc) is 3.40. The van der Waals surface area contributed by atoms with Crippen LogP contribution >= 0.6 is 11.3 Å². The second-order valence-corrected chi connectivity index (χ2v) is 12.0. The van der Waals surface area contributed by atoms with Crippen LogP contribution in [0.2, 0.25) is 0 Å². The van der Waals surface area contributed by atoms with Crippen LogP contribution in [0.3, 0.4) is 0 Å². The van der Waals surface area contributed by atoms with Gasteiger partial charge in [0.1, 0.15) is 10.6 Å². The van der Waals surface area contributed by atoms with E-state index in [9.17, 15) is 4.79 Å². The third-order valence-electron chi connectivity index (χ3n) is 9.25. The number of aromatic nitrogens is 2. The fraction of sp³-hybridized carbons (Fsp3) is 0.400. The van der Waals surface area contributed by atoms with Gasteiger partial charge in [-0.15, -0.1) is 11.3 Å². The van der Waals surface area contributed by atoms with E-state index < -0.39 is 0 Å². The fourth-order valence-electron chi connectivity index (χ4n) is 7.61. The van der Waals surface area contributed by atoms with Crippen LogP contribution in [0.5, 0.6) is 5.75 Å². The van der Waals surface area contributed by atoms with Crippen LogP contribution < -0.4 is 10.3 Å².